The number of rotatable bonds is 3. The van der Waals surface area contributed by atoms with Gasteiger partial charge < -0.3 is 9.47 Å². The SMILES string of the molecule is CC(C)=C[C@@H]1[C@H](C(=O)N2CCC[C@H](n3ccnc3C)C2)C1(C)C. The van der Waals surface area contributed by atoms with Gasteiger partial charge in [0.1, 0.15) is 5.82 Å². The van der Waals surface area contributed by atoms with Crippen LogP contribution in [0.25, 0.3) is 0 Å². The Balaban J connectivity index is 1.71. The summed E-state index contributed by atoms with van der Waals surface area (Å²) in [5, 5.41) is 0. The summed E-state index contributed by atoms with van der Waals surface area (Å²) in [7, 11) is 0. The van der Waals surface area contributed by atoms with Crippen LogP contribution in [-0.2, 0) is 4.79 Å². The molecule has 1 saturated carbocycles. The molecular formula is C19H29N3O. The third-order valence-electron chi connectivity index (χ3n) is 5.65. The average molecular weight is 315 g/mol. The first-order valence-corrected chi connectivity index (χ1v) is 8.75. The number of imidazole rings is 1. The zero-order valence-corrected chi connectivity index (χ0v) is 15.0. The van der Waals surface area contributed by atoms with E-state index in [9.17, 15) is 4.79 Å². The Morgan fingerprint density at radius 2 is 2.13 bits per heavy atom. The molecule has 0 aromatic carbocycles. The fourth-order valence-corrected chi connectivity index (χ4v) is 4.17. The van der Waals surface area contributed by atoms with Gasteiger partial charge in [-0.15, -0.1) is 0 Å². The molecule has 1 aliphatic carbocycles. The zero-order valence-electron chi connectivity index (χ0n) is 15.0. The fourth-order valence-electron chi connectivity index (χ4n) is 4.17. The highest BCUT2D eigenvalue weighted by Crippen LogP contribution is 2.60. The van der Waals surface area contributed by atoms with Crippen LogP contribution in [0.4, 0.5) is 0 Å². The van der Waals surface area contributed by atoms with Gasteiger partial charge in [-0.3, -0.25) is 4.79 Å². The molecule has 23 heavy (non-hydrogen) atoms. The molecule has 2 heterocycles. The maximum Gasteiger partial charge on any atom is 0.226 e. The molecule has 3 rings (SSSR count). The summed E-state index contributed by atoms with van der Waals surface area (Å²) in [4.78, 5) is 19.5. The molecule has 0 spiro atoms. The van der Waals surface area contributed by atoms with Crippen LogP contribution in [0.15, 0.2) is 24.0 Å². The number of piperidine rings is 1. The number of amides is 1. The number of aromatic nitrogens is 2. The first-order chi connectivity index (χ1) is 10.8. The fraction of sp³-hybridized carbons (Fsp3) is 0.684. The van der Waals surface area contributed by atoms with Gasteiger partial charge >= 0.3 is 0 Å². The highest BCUT2D eigenvalue weighted by atomic mass is 16.2. The molecule has 4 nitrogen and oxygen atoms in total. The van der Waals surface area contributed by atoms with Crippen LogP contribution >= 0.6 is 0 Å². The maximum atomic E-state index is 13.0. The summed E-state index contributed by atoms with van der Waals surface area (Å²) in [6.45, 7) is 12.4. The molecule has 1 aliphatic heterocycles. The third kappa shape index (κ3) is 2.96. The number of carbonyl (C=O) groups is 1. The van der Waals surface area contributed by atoms with Gasteiger partial charge in [0.2, 0.25) is 5.91 Å². The summed E-state index contributed by atoms with van der Waals surface area (Å²) >= 11 is 0. The Morgan fingerprint density at radius 1 is 1.39 bits per heavy atom. The van der Waals surface area contributed by atoms with E-state index in [0.29, 0.717) is 17.9 Å². The Morgan fingerprint density at radius 3 is 2.74 bits per heavy atom. The van der Waals surface area contributed by atoms with E-state index in [-0.39, 0.29) is 11.3 Å². The second kappa shape index (κ2) is 5.81. The van der Waals surface area contributed by atoms with Crippen molar-refractivity contribution in [2.75, 3.05) is 13.1 Å². The molecule has 2 fully saturated rings. The van der Waals surface area contributed by atoms with Gasteiger partial charge in [-0.2, -0.15) is 0 Å². The highest BCUT2D eigenvalue weighted by molar-refractivity contribution is 5.84. The largest absolute Gasteiger partial charge is 0.340 e. The Hall–Kier alpha value is -1.58. The van der Waals surface area contributed by atoms with Crippen molar-refractivity contribution in [1.82, 2.24) is 14.5 Å². The minimum Gasteiger partial charge on any atom is -0.340 e. The van der Waals surface area contributed by atoms with Crippen molar-refractivity contribution < 1.29 is 4.79 Å². The summed E-state index contributed by atoms with van der Waals surface area (Å²) < 4.78 is 2.23. The normalized spacial score (nSPS) is 29.3. The molecule has 4 heteroatoms. The van der Waals surface area contributed by atoms with Gasteiger partial charge in [0, 0.05) is 25.5 Å². The standard InChI is InChI=1S/C19H29N3O/c1-13(2)11-16-17(19(16,4)5)18(23)21-9-6-7-15(12-21)22-10-8-20-14(22)3/h8,10-11,15-17H,6-7,9,12H2,1-5H3/t15-,16+,17+/m0/s1. The summed E-state index contributed by atoms with van der Waals surface area (Å²) in [5.41, 5.74) is 1.41. The first-order valence-electron chi connectivity index (χ1n) is 8.75. The van der Waals surface area contributed by atoms with Crippen LogP contribution in [0.5, 0.6) is 0 Å². The van der Waals surface area contributed by atoms with Crippen molar-refractivity contribution in [3.05, 3.63) is 29.9 Å². The lowest BCUT2D eigenvalue weighted by atomic mass is 10.0. The van der Waals surface area contributed by atoms with Crippen LogP contribution in [-0.4, -0.2) is 33.4 Å². The number of carbonyl (C=O) groups excluding carboxylic acids is 1. The summed E-state index contributed by atoms with van der Waals surface area (Å²) in [6, 6.07) is 0.374. The lowest BCUT2D eigenvalue weighted by molar-refractivity contribution is -0.135. The summed E-state index contributed by atoms with van der Waals surface area (Å²) in [5.74, 6) is 1.94. The zero-order chi connectivity index (χ0) is 16.8. The lowest BCUT2D eigenvalue weighted by Gasteiger charge is -2.34. The lowest BCUT2D eigenvalue weighted by Crippen LogP contribution is -2.42. The minimum absolute atomic E-state index is 0.103. The van der Waals surface area contributed by atoms with Gasteiger partial charge in [0.15, 0.2) is 0 Å². The second-order valence-corrected chi connectivity index (χ2v) is 8.03. The van der Waals surface area contributed by atoms with Gasteiger partial charge in [-0.05, 0) is 44.9 Å². The molecule has 1 amide bonds. The Labute approximate surface area is 139 Å². The van der Waals surface area contributed by atoms with E-state index in [1.165, 1.54) is 5.57 Å². The van der Waals surface area contributed by atoms with Gasteiger partial charge in [0.25, 0.3) is 0 Å². The Bertz CT molecular complexity index is 624. The van der Waals surface area contributed by atoms with E-state index in [1.807, 2.05) is 19.3 Å². The predicted octanol–water partition coefficient (Wildman–Crippen LogP) is 3.59. The first kappa shape index (κ1) is 16.3. The van der Waals surface area contributed by atoms with E-state index >= 15 is 0 Å². The molecule has 0 radical (unpaired) electrons. The molecular weight excluding hydrogens is 286 g/mol. The maximum absolute atomic E-state index is 13.0. The average Bonchev–Trinajstić information content (AvgIpc) is 2.83. The minimum atomic E-state index is 0.103. The Kier molecular flexibility index (Phi) is 4.11. The van der Waals surface area contributed by atoms with Crippen LogP contribution in [0.2, 0.25) is 0 Å². The number of likely N-dealkylation sites (tertiary alicyclic amines) is 1. The van der Waals surface area contributed by atoms with E-state index in [2.05, 4.69) is 48.2 Å². The van der Waals surface area contributed by atoms with Crippen LogP contribution in [0, 0.1) is 24.2 Å². The van der Waals surface area contributed by atoms with E-state index < -0.39 is 0 Å². The van der Waals surface area contributed by atoms with Crippen molar-refractivity contribution in [3.8, 4) is 0 Å². The molecule has 1 aromatic heterocycles. The topological polar surface area (TPSA) is 38.1 Å². The van der Waals surface area contributed by atoms with Crippen molar-refractivity contribution in [3.63, 3.8) is 0 Å². The van der Waals surface area contributed by atoms with Crippen molar-refractivity contribution in [1.29, 1.82) is 0 Å². The van der Waals surface area contributed by atoms with Gasteiger partial charge in [-0.1, -0.05) is 25.5 Å². The molecule has 3 atom stereocenters. The van der Waals surface area contributed by atoms with Crippen molar-refractivity contribution in [2.24, 2.45) is 17.3 Å². The number of hydrogen-bond acceptors (Lipinski definition) is 2. The van der Waals surface area contributed by atoms with Gasteiger partial charge in [-0.25, -0.2) is 4.98 Å². The van der Waals surface area contributed by atoms with Crippen molar-refractivity contribution in [2.45, 2.75) is 53.5 Å². The van der Waals surface area contributed by atoms with Crippen molar-refractivity contribution >= 4 is 5.91 Å². The van der Waals surface area contributed by atoms with E-state index in [1.54, 1.807) is 0 Å². The molecule has 1 aromatic rings. The van der Waals surface area contributed by atoms with Crippen LogP contribution in [0.3, 0.4) is 0 Å². The predicted molar refractivity (Wildman–Crippen MR) is 92.0 cm³/mol. The molecule has 0 bridgehead atoms. The molecule has 1 saturated heterocycles. The second-order valence-electron chi connectivity index (χ2n) is 8.03. The highest BCUT2D eigenvalue weighted by Gasteiger charge is 2.61. The van der Waals surface area contributed by atoms with E-state index in [0.717, 1.165) is 31.8 Å². The number of aryl methyl sites for hydroxylation is 1. The van der Waals surface area contributed by atoms with Crippen LogP contribution in [0.1, 0.15) is 52.4 Å². The van der Waals surface area contributed by atoms with Crippen LogP contribution < -0.4 is 0 Å². The molecule has 126 valence electrons. The molecule has 0 N–H and O–H groups in total. The smallest absolute Gasteiger partial charge is 0.226 e. The number of hydrogen-bond donors (Lipinski definition) is 0. The number of allylic oxidation sites excluding steroid dienone is 2. The molecule has 2 aliphatic rings. The monoisotopic (exact) mass is 315 g/mol. The quantitative estimate of drug-likeness (QED) is 0.799. The molecule has 0 unspecified atom stereocenters. The number of nitrogens with zero attached hydrogens (tertiary/aromatic N) is 3. The third-order valence-corrected chi connectivity index (χ3v) is 5.65. The van der Waals surface area contributed by atoms with E-state index in [4.69, 9.17) is 0 Å². The van der Waals surface area contributed by atoms with Gasteiger partial charge in [0.05, 0.1) is 12.0 Å². The summed E-state index contributed by atoms with van der Waals surface area (Å²) in [6.07, 6.45) is 8.39.